The van der Waals surface area contributed by atoms with Gasteiger partial charge in [-0.3, -0.25) is 4.79 Å². The first-order valence-electron chi connectivity index (χ1n) is 4.30. The maximum Gasteiger partial charge on any atom is 0.251 e. The summed E-state index contributed by atoms with van der Waals surface area (Å²) in [5.41, 5.74) is 0.255. The fraction of sp³-hybridized carbons (Fsp3) is 0.300. The van der Waals surface area contributed by atoms with E-state index in [4.69, 9.17) is 5.11 Å². The number of amides is 1. The lowest BCUT2D eigenvalue weighted by atomic mass is 10.2. The summed E-state index contributed by atoms with van der Waals surface area (Å²) in [5.74, 6) is -0.833. The van der Waals surface area contributed by atoms with Gasteiger partial charge in [0.25, 0.3) is 5.91 Å². The van der Waals surface area contributed by atoms with Gasteiger partial charge in [-0.1, -0.05) is 6.07 Å². The summed E-state index contributed by atoms with van der Waals surface area (Å²) in [7, 11) is 0. The largest absolute Gasteiger partial charge is 0.394 e. The zero-order valence-electron chi connectivity index (χ0n) is 7.83. The van der Waals surface area contributed by atoms with Crippen LogP contribution in [0.5, 0.6) is 0 Å². The van der Waals surface area contributed by atoms with Gasteiger partial charge in [-0.15, -0.1) is 0 Å². The Hall–Kier alpha value is -1.42. The van der Waals surface area contributed by atoms with Crippen molar-refractivity contribution in [3.63, 3.8) is 0 Å². The number of nitrogens with one attached hydrogen (secondary N) is 1. The average Bonchev–Trinajstić information content (AvgIpc) is 2.17. The highest BCUT2D eigenvalue weighted by atomic mass is 19.1. The molecular weight excluding hydrogens is 185 g/mol. The normalized spacial score (nSPS) is 12.2. The Morgan fingerprint density at radius 3 is 2.93 bits per heavy atom. The predicted molar refractivity (Wildman–Crippen MR) is 50.4 cm³/mol. The van der Waals surface area contributed by atoms with Crippen molar-refractivity contribution in [1.29, 1.82) is 0 Å². The second-order valence-corrected chi connectivity index (χ2v) is 3.07. The van der Waals surface area contributed by atoms with E-state index in [1.54, 1.807) is 6.92 Å². The summed E-state index contributed by atoms with van der Waals surface area (Å²) in [6, 6.07) is 5.08. The van der Waals surface area contributed by atoms with E-state index in [2.05, 4.69) is 5.32 Å². The monoisotopic (exact) mass is 197 g/mol. The quantitative estimate of drug-likeness (QED) is 0.757. The molecule has 0 saturated heterocycles. The van der Waals surface area contributed by atoms with Crippen LogP contribution in [0, 0.1) is 5.82 Å². The van der Waals surface area contributed by atoms with Crippen molar-refractivity contribution in [2.75, 3.05) is 6.61 Å². The minimum Gasteiger partial charge on any atom is -0.394 e. The molecule has 0 saturated carbocycles. The van der Waals surface area contributed by atoms with Crippen LogP contribution >= 0.6 is 0 Å². The molecule has 0 radical (unpaired) electrons. The summed E-state index contributed by atoms with van der Waals surface area (Å²) in [6.07, 6.45) is 0. The molecule has 0 spiro atoms. The number of hydrogen-bond donors (Lipinski definition) is 2. The van der Waals surface area contributed by atoms with Gasteiger partial charge >= 0.3 is 0 Å². The van der Waals surface area contributed by atoms with Gasteiger partial charge in [0.1, 0.15) is 5.82 Å². The SMILES string of the molecule is C[C@H](CO)NC(=O)c1cccc(F)c1. The minimum absolute atomic E-state index is 0.138. The van der Waals surface area contributed by atoms with E-state index in [9.17, 15) is 9.18 Å². The van der Waals surface area contributed by atoms with Gasteiger partial charge in [0, 0.05) is 11.6 Å². The Morgan fingerprint density at radius 1 is 1.64 bits per heavy atom. The van der Waals surface area contributed by atoms with E-state index in [1.807, 2.05) is 0 Å². The van der Waals surface area contributed by atoms with Crippen LogP contribution in [0.1, 0.15) is 17.3 Å². The Morgan fingerprint density at radius 2 is 2.36 bits per heavy atom. The van der Waals surface area contributed by atoms with E-state index >= 15 is 0 Å². The van der Waals surface area contributed by atoms with Crippen molar-refractivity contribution >= 4 is 5.91 Å². The van der Waals surface area contributed by atoms with Crippen LogP contribution in [0.25, 0.3) is 0 Å². The maximum atomic E-state index is 12.7. The van der Waals surface area contributed by atoms with Crippen molar-refractivity contribution in [3.8, 4) is 0 Å². The number of benzene rings is 1. The lowest BCUT2D eigenvalue weighted by molar-refractivity contribution is 0.0922. The highest BCUT2D eigenvalue weighted by molar-refractivity contribution is 5.94. The molecule has 3 nitrogen and oxygen atoms in total. The molecule has 0 aliphatic heterocycles. The molecule has 0 heterocycles. The van der Waals surface area contributed by atoms with Gasteiger partial charge in [0.15, 0.2) is 0 Å². The molecule has 4 heteroatoms. The smallest absolute Gasteiger partial charge is 0.251 e. The number of carbonyl (C=O) groups excluding carboxylic acids is 1. The van der Waals surface area contributed by atoms with Gasteiger partial charge in [0.05, 0.1) is 6.61 Å². The first kappa shape index (κ1) is 10.7. The van der Waals surface area contributed by atoms with Crippen molar-refractivity contribution < 1.29 is 14.3 Å². The fourth-order valence-electron chi connectivity index (χ4n) is 0.982. The minimum atomic E-state index is -0.450. The molecule has 1 amide bonds. The third kappa shape index (κ3) is 2.81. The van der Waals surface area contributed by atoms with Crippen LogP contribution in [0.2, 0.25) is 0 Å². The summed E-state index contributed by atoms with van der Waals surface area (Å²) in [5, 5.41) is 11.2. The van der Waals surface area contributed by atoms with Crippen LogP contribution in [-0.2, 0) is 0 Å². The predicted octanol–water partition coefficient (Wildman–Crippen LogP) is 0.936. The first-order valence-corrected chi connectivity index (χ1v) is 4.30. The third-order valence-electron chi connectivity index (χ3n) is 1.74. The van der Waals surface area contributed by atoms with Crippen molar-refractivity contribution in [1.82, 2.24) is 5.32 Å². The summed E-state index contributed by atoms with van der Waals surface area (Å²) >= 11 is 0. The lowest BCUT2D eigenvalue weighted by Gasteiger charge is -2.10. The molecule has 0 unspecified atom stereocenters. The molecule has 1 rings (SSSR count). The summed E-state index contributed by atoms with van der Waals surface area (Å²) in [6.45, 7) is 1.53. The third-order valence-corrected chi connectivity index (χ3v) is 1.74. The zero-order chi connectivity index (χ0) is 10.6. The van der Waals surface area contributed by atoms with E-state index in [1.165, 1.54) is 18.2 Å². The van der Waals surface area contributed by atoms with Crippen LogP contribution in [-0.4, -0.2) is 23.7 Å². The second-order valence-electron chi connectivity index (χ2n) is 3.07. The number of aliphatic hydroxyl groups excluding tert-OH is 1. The molecule has 2 N–H and O–H groups in total. The van der Waals surface area contributed by atoms with Crippen molar-refractivity contribution in [3.05, 3.63) is 35.6 Å². The molecule has 0 bridgehead atoms. The van der Waals surface area contributed by atoms with E-state index < -0.39 is 5.82 Å². The van der Waals surface area contributed by atoms with E-state index in [0.717, 1.165) is 6.07 Å². The van der Waals surface area contributed by atoms with Gasteiger partial charge in [0.2, 0.25) is 0 Å². The van der Waals surface area contributed by atoms with Crippen LogP contribution in [0.15, 0.2) is 24.3 Å². The van der Waals surface area contributed by atoms with Crippen molar-refractivity contribution in [2.45, 2.75) is 13.0 Å². The van der Waals surface area contributed by atoms with Crippen LogP contribution in [0.4, 0.5) is 4.39 Å². The average molecular weight is 197 g/mol. The van der Waals surface area contributed by atoms with E-state index in [-0.39, 0.29) is 24.1 Å². The van der Waals surface area contributed by atoms with Crippen LogP contribution < -0.4 is 5.32 Å². The molecule has 1 aromatic carbocycles. The molecule has 0 fully saturated rings. The van der Waals surface area contributed by atoms with Crippen LogP contribution in [0.3, 0.4) is 0 Å². The van der Waals surface area contributed by atoms with Crippen molar-refractivity contribution in [2.24, 2.45) is 0 Å². The second kappa shape index (κ2) is 4.72. The standard InChI is InChI=1S/C10H12FNO2/c1-7(6-13)12-10(14)8-3-2-4-9(11)5-8/h2-5,7,13H,6H2,1H3,(H,12,14)/t7-/m1/s1. The number of rotatable bonds is 3. The Bertz CT molecular complexity index is 328. The molecule has 1 aromatic rings. The highest BCUT2D eigenvalue weighted by Crippen LogP contribution is 2.03. The highest BCUT2D eigenvalue weighted by Gasteiger charge is 2.08. The maximum absolute atomic E-state index is 12.7. The zero-order valence-corrected chi connectivity index (χ0v) is 7.83. The Kier molecular flexibility index (Phi) is 3.59. The number of carbonyl (C=O) groups is 1. The van der Waals surface area contributed by atoms with Gasteiger partial charge < -0.3 is 10.4 Å². The van der Waals surface area contributed by atoms with Gasteiger partial charge in [-0.25, -0.2) is 4.39 Å². The topological polar surface area (TPSA) is 49.3 Å². The Balaban J connectivity index is 2.70. The molecule has 14 heavy (non-hydrogen) atoms. The first-order chi connectivity index (χ1) is 6.63. The summed E-state index contributed by atoms with van der Waals surface area (Å²) in [4.78, 5) is 11.4. The molecule has 0 aliphatic carbocycles. The Labute approximate surface area is 81.6 Å². The molecular formula is C10H12FNO2. The van der Waals surface area contributed by atoms with Gasteiger partial charge in [-0.05, 0) is 25.1 Å². The molecule has 76 valence electrons. The summed E-state index contributed by atoms with van der Waals surface area (Å²) < 4.78 is 12.7. The van der Waals surface area contributed by atoms with Gasteiger partial charge in [-0.2, -0.15) is 0 Å². The number of aliphatic hydroxyl groups is 1. The van der Waals surface area contributed by atoms with E-state index in [0.29, 0.717) is 0 Å². The fourth-order valence-corrected chi connectivity index (χ4v) is 0.982. The molecule has 0 aliphatic rings. The number of hydrogen-bond acceptors (Lipinski definition) is 2. The molecule has 0 aromatic heterocycles. The number of halogens is 1. The molecule has 1 atom stereocenters. The lowest BCUT2D eigenvalue weighted by Crippen LogP contribution is -2.34.